The fraction of sp³-hybridized carbons (Fsp3) is 0.766. The van der Waals surface area contributed by atoms with Crippen molar-refractivity contribution in [3.8, 4) is 0 Å². The van der Waals surface area contributed by atoms with E-state index in [0.717, 1.165) is 51.4 Å². The van der Waals surface area contributed by atoms with E-state index in [9.17, 15) is 24.5 Å². The summed E-state index contributed by atoms with van der Waals surface area (Å²) in [6, 6.07) is -1.01. The van der Waals surface area contributed by atoms with Crippen LogP contribution in [0.5, 0.6) is 0 Å². The van der Waals surface area contributed by atoms with E-state index in [1.54, 1.807) is 6.08 Å². The number of allylic oxidation sites excluding steroid dienone is 9. The van der Waals surface area contributed by atoms with E-state index in [0.29, 0.717) is 12.8 Å². The van der Waals surface area contributed by atoms with Crippen molar-refractivity contribution in [2.75, 3.05) is 19.8 Å². The van der Waals surface area contributed by atoms with Gasteiger partial charge in [0, 0.05) is 6.54 Å². The number of nitrogens with one attached hydrogen (secondary N) is 1. The highest BCUT2D eigenvalue weighted by Crippen LogP contribution is 2.43. The highest BCUT2D eigenvalue weighted by Gasteiger charge is 2.27. The van der Waals surface area contributed by atoms with Gasteiger partial charge in [-0.1, -0.05) is 177 Å². The third-order valence-corrected chi connectivity index (χ3v) is 10.9. The molecule has 10 heteroatoms. The molecule has 0 bridgehead atoms. The van der Waals surface area contributed by atoms with Crippen molar-refractivity contribution in [1.29, 1.82) is 0 Å². The molecule has 0 aromatic carbocycles. The molecule has 0 aromatic heterocycles. The van der Waals surface area contributed by atoms with Gasteiger partial charge < -0.3 is 26.2 Å². The van der Waals surface area contributed by atoms with E-state index in [2.05, 4.69) is 67.8 Å². The van der Waals surface area contributed by atoms with Crippen molar-refractivity contribution >= 4 is 13.7 Å². The summed E-state index contributed by atoms with van der Waals surface area (Å²) in [6.45, 7) is 3.90. The van der Waals surface area contributed by atoms with Gasteiger partial charge in [-0.3, -0.25) is 13.8 Å². The van der Waals surface area contributed by atoms with Crippen LogP contribution in [0.4, 0.5) is 0 Å². The molecular weight excluding hydrogens is 735 g/mol. The third kappa shape index (κ3) is 40.7. The Labute approximate surface area is 349 Å². The minimum atomic E-state index is -4.42. The molecule has 0 fully saturated rings. The number of phosphoric acid groups is 1. The molecule has 6 N–H and O–H groups in total. The van der Waals surface area contributed by atoms with E-state index in [1.165, 1.54) is 109 Å². The lowest BCUT2D eigenvalue weighted by Gasteiger charge is -2.24. The minimum Gasteiger partial charge on any atom is -0.393 e. The average Bonchev–Trinajstić information content (AvgIpc) is 3.19. The lowest BCUT2D eigenvalue weighted by molar-refractivity contribution is -0.124. The number of aliphatic hydroxyl groups is 2. The van der Waals surface area contributed by atoms with Crippen LogP contribution in [0, 0.1) is 0 Å². The van der Waals surface area contributed by atoms with Gasteiger partial charge in [0.2, 0.25) is 5.91 Å². The maximum atomic E-state index is 12.8. The molecule has 0 aliphatic heterocycles. The Morgan fingerprint density at radius 3 is 1.60 bits per heavy atom. The van der Waals surface area contributed by atoms with E-state index >= 15 is 0 Å². The van der Waals surface area contributed by atoms with E-state index in [-0.39, 0.29) is 19.6 Å². The molecule has 332 valence electrons. The molecule has 57 heavy (non-hydrogen) atoms. The standard InChI is InChI=1S/C47H87N2O7P/c1-3-5-7-9-11-13-15-17-19-21-23-25-27-29-31-33-35-37-39-46(51)45(43-56-57(53,54)55-41-40-48)49-47(52)42-44(50)38-36-34-32-30-28-26-24-22-20-18-16-14-12-10-8-6-4-2/h12,14,16,18,21,23,29,31,37,39,44-46,50-51H,3-11,13,15,17,19-20,22,24-28,30,32-36,38,40-43,48H2,1-2H3,(H,49,52)(H,53,54)/b14-12-,18-16-,23-21+,31-29+,39-37+. The summed E-state index contributed by atoms with van der Waals surface area (Å²) in [6.07, 6.45) is 50.2. The van der Waals surface area contributed by atoms with Crippen LogP contribution in [0.25, 0.3) is 0 Å². The Bertz CT molecular complexity index is 1090. The van der Waals surface area contributed by atoms with Crippen LogP contribution in [0.15, 0.2) is 60.8 Å². The number of rotatable bonds is 42. The van der Waals surface area contributed by atoms with Gasteiger partial charge in [0.1, 0.15) is 0 Å². The molecule has 0 spiro atoms. The van der Waals surface area contributed by atoms with Crippen LogP contribution in [0.2, 0.25) is 0 Å². The lowest BCUT2D eigenvalue weighted by Crippen LogP contribution is -2.46. The molecule has 4 unspecified atom stereocenters. The smallest absolute Gasteiger partial charge is 0.393 e. The first-order valence-corrected chi connectivity index (χ1v) is 24.5. The quantitative estimate of drug-likeness (QED) is 0.0177. The van der Waals surface area contributed by atoms with E-state index in [4.69, 9.17) is 14.8 Å². The normalized spacial score (nSPS) is 15.1. The minimum absolute atomic E-state index is 0.0393. The maximum Gasteiger partial charge on any atom is 0.472 e. The molecule has 0 radical (unpaired) electrons. The van der Waals surface area contributed by atoms with Crippen LogP contribution < -0.4 is 11.1 Å². The van der Waals surface area contributed by atoms with Crippen molar-refractivity contribution in [2.45, 2.75) is 212 Å². The third-order valence-electron chi connectivity index (χ3n) is 9.88. The summed E-state index contributed by atoms with van der Waals surface area (Å²) in [7, 11) is -4.42. The molecule has 4 atom stereocenters. The zero-order valence-electron chi connectivity index (χ0n) is 36.4. The maximum absolute atomic E-state index is 12.8. The topological polar surface area (TPSA) is 151 Å². The first kappa shape index (κ1) is 55.2. The first-order valence-electron chi connectivity index (χ1n) is 23.0. The molecule has 0 aromatic rings. The van der Waals surface area contributed by atoms with Crippen molar-refractivity contribution in [2.24, 2.45) is 5.73 Å². The number of hydrogen-bond donors (Lipinski definition) is 5. The predicted molar refractivity (Wildman–Crippen MR) is 241 cm³/mol. The molecule has 0 aliphatic carbocycles. The number of carbonyl (C=O) groups is 1. The summed E-state index contributed by atoms with van der Waals surface area (Å²) < 4.78 is 22.1. The summed E-state index contributed by atoms with van der Waals surface area (Å²) in [4.78, 5) is 22.8. The second-order valence-corrected chi connectivity index (χ2v) is 16.9. The summed E-state index contributed by atoms with van der Waals surface area (Å²) >= 11 is 0. The first-order chi connectivity index (χ1) is 27.8. The summed E-state index contributed by atoms with van der Waals surface area (Å²) in [5.41, 5.74) is 5.36. The number of nitrogens with two attached hydrogens (primary N) is 1. The van der Waals surface area contributed by atoms with Crippen LogP contribution in [0.1, 0.15) is 194 Å². The van der Waals surface area contributed by atoms with Gasteiger partial charge in [-0.05, 0) is 70.6 Å². The van der Waals surface area contributed by atoms with Gasteiger partial charge in [0.15, 0.2) is 0 Å². The van der Waals surface area contributed by atoms with Crippen LogP contribution >= 0.6 is 7.82 Å². The van der Waals surface area contributed by atoms with E-state index < -0.39 is 38.6 Å². The molecule has 0 aliphatic rings. The molecule has 0 saturated heterocycles. The summed E-state index contributed by atoms with van der Waals surface area (Å²) in [5, 5.41) is 24.1. The van der Waals surface area contributed by atoms with E-state index in [1.807, 2.05) is 6.08 Å². The average molecular weight is 823 g/mol. The van der Waals surface area contributed by atoms with Crippen molar-refractivity contribution in [3.63, 3.8) is 0 Å². The number of phosphoric ester groups is 1. The molecule has 0 heterocycles. The van der Waals surface area contributed by atoms with Crippen molar-refractivity contribution in [3.05, 3.63) is 60.8 Å². The fourth-order valence-corrected chi connectivity index (χ4v) is 7.13. The van der Waals surface area contributed by atoms with Gasteiger partial charge in [0.05, 0.1) is 37.9 Å². The van der Waals surface area contributed by atoms with Gasteiger partial charge in [0.25, 0.3) is 0 Å². The second kappa shape index (κ2) is 42.3. The molecule has 9 nitrogen and oxygen atoms in total. The van der Waals surface area contributed by atoms with Crippen molar-refractivity contribution in [1.82, 2.24) is 5.32 Å². The highest BCUT2D eigenvalue weighted by molar-refractivity contribution is 7.47. The number of amides is 1. The Kier molecular flexibility index (Phi) is 40.9. The Morgan fingerprint density at radius 1 is 0.614 bits per heavy atom. The van der Waals surface area contributed by atoms with Crippen LogP contribution in [-0.4, -0.2) is 59.0 Å². The molecule has 0 saturated carbocycles. The number of aliphatic hydroxyl groups excluding tert-OH is 2. The fourth-order valence-electron chi connectivity index (χ4n) is 6.37. The van der Waals surface area contributed by atoms with Crippen LogP contribution in [0.3, 0.4) is 0 Å². The summed E-state index contributed by atoms with van der Waals surface area (Å²) in [5.74, 6) is -0.466. The van der Waals surface area contributed by atoms with Gasteiger partial charge in [-0.2, -0.15) is 0 Å². The zero-order valence-corrected chi connectivity index (χ0v) is 37.3. The number of carbonyl (C=O) groups excluding carboxylic acids is 1. The Balaban J connectivity index is 4.38. The second-order valence-electron chi connectivity index (χ2n) is 15.5. The number of hydrogen-bond acceptors (Lipinski definition) is 7. The molecular formula is C47H87N2O7P. The van der Waals surface area contributed by atoms with Gasteiger partial charge in [-0.15, -0.1) is 0 Å². The zero-order chi connectivity index (χ0) is 41.9. The Morgan fingerprint density at radius 2 is 1.05 bits per heavy atom. The predicted octanol–water partition coefficient (Wildman–Crippen LogP) is 12.0. The van der Waals surface area contributed by atoms with Crippen molar-refractivity contribution < 1.29 is 33.5 Å². The number of unbranched alkanes of at least 4 members (excludes halogenated alkanes) is 21. The highest BCUT2D eigenvalue weighted by atomic mass is 31.2. The SMILES string of the molecule is CCCCC/C=C\C=C/CCCCCCCCCCC(O)CC(=O)NC(COP(=O)(O)OCCN)C(O)/C=C/CC/C=C/CC/C=C/CCCCCCCCCC. The Hall–Kier alpha value is -1.84. The largest absolute Gasteiger partial charge is 0.472 e. The molecule has 1 amide bonds. The monoisotopic (exact) mass is 823 g/mol. The van der Waals surface area contributed by atoms with Gasteiger partial charge >= 0.3 is 7.82 Å². The van der Waals surface area contributed by atoms with Crippen LogP contribution in [-0.2, 0) is 18.4 Å². The molecule has 0 rings (SSSR count). The lowest BCUT2D eigenvalue weighted by atomic mass is 10.0. The van der Waals surface area contributed by atoms with Gasteiger partial charge in [-0.25, -0.2) is 4.57 Å².